The van der Waals surface area contributed by atoms with Crippen molar-refractivity contribution in [1.29, 1.82) is 0 Å². The first-order valence-corrected chi connectivity index (χ1v) is 8.79. The van der Waals surface area contributed by atoms with Crippen molar-refractivity contribution in [3.63, 3.8) is 0 Å². The fraction of sp³-hybridized carbons (Fsp3) is 0.188. The standard InChI is InChI=1S/C16H15N5O2S2/c1-9-11(14(23)21-15(24)18-9)4-5-13(22)20-16-19-12(8-25-16)10-3-2-6-17-7-10/h2-3,6-8H,4-5H2,1H3,(H,19,20,22)(H2,18,21,23,24). The molecule has 7 nitrogen and oxygen atoms in total. The fourth-order valence-electron chi connectivity index (χ4n) is 2.33. The second kappa shape index (κ2) is 7.49. The summed E-state index contributed by atoms with van der Waals surface area (Å²) in [6.07, 6.45) is 3.91. The Hall–Kier alpha value is -2.65. The minimum Gasteiger partial charge on any atom is -0.336 e. The highest BCUT2D eigenvalue weighted by Gasteiger charge is 2.11. The lowest BCUT2D eigenvalue weighted by molar-refractivity contribution is -0.116. The summed E-state index contributed by atoms with van der Waals surface area (Å²) in [5, 5.41) is 5.13. The van der Waals surface area contributed by atoms with Gasteiger partial charge in [0.2, 0.25) is 5.91 Å². The van der Waals surface area contributed by atoms with E-state index >= 15 is 0 Å². The highest BCUT2D eigenvalue weighted by molar-refractivity contribution is 7.71. The minimum absolute atomic E-state index is 0.177. The zero-order valence-electron chi connectivity index (χ0n) is 13.3. The number of hydrogen-bond donors (Lipinski definition) is 3. The van der Waals surface area contributed by atoms with Crippen molar-refractivity contribution in [3.8, 4) is 11.3 Å². The number of aryl methyl sites for hydroxylation is 1. The van der Waals surface area contributed by atoms with E-state index in [-0.39, 0.29) is 22.7 Å². The van der Waals surface area contributed by atoms with E-state index in [9.17, 15) is 9.59 Å². The second-order valence-corrected chi connectivity index (χ2v) is 6.61. The third-order valence-corrected chi connectivity index (χ3v) is 4.53. The van der Waals surface area contributed by atoms with Gasteiger partial charge < -0.3 is 10.3 Å². The van der Waals surface area contributed by atoms with Gasteiger partial charge in [0.05, 0.1) is 5.69 Å². The van der Waals surface area contributed by atoms with Crippen LogP contribution in [0.3, 0.4) is 0 Å². The predicted octanol–water partition coefficient (Wildman–Crippen LogP) is 2.83. The molecule has 0 aromatic carbocycles. The molecular formula is C16H15N5O2S2. The number of aromatic amines is 2. The van der Waals surface area contributed by atoms with E-state index in [4.69, 9.17) is 12.2 Å². The monoisotopic (exact) mass is 373 g/mol. The molecule has 0 saturated carbocycles. The highest BCUT2D eigenvalue weighted by atomic mass is 32.1. The number of carbonyl (C=O) groups excluding carboxylic acids is 1. The quantitative estimate of drug-likeness (QED) is 0.597. The van der Waals surface area contributed by atoms with Gasteiger partial charge in [-0.1, -0.05) is 0 Å². The van der Waals surface area contributed by atoms with Crippen LogP contribution in [-0.4, -0.2) is 25.8 Å². The van der Waals surface area contributed by atoms with Crippen LogP contribution < -0.4 is 10.9 Å². The van der Waals surface area contributed by atoms with Crippen LogP contribution in [0.2, 0.25) is 0 Å². The number of thiazole rings is 1. The van der Waals surface area contributed by atoms with Crippen molar-refractivity contribution < 1.29 is 4.79 Å². The van der Waals surface area contributed by atoms with Gasteiger partial charge in [-0.05, 0) is 37.7 Å². The number of nitrogens with one attached hydrogen (secondary N) is 3. The molecule has 0 radical (unpaired) electrons. The first kappa shape index (κ1) is 17.2. The Morgan fingerprint density at radius 3 is 2.96 bits per heavy atom. The van der Waals surface area contributed by atoms with E-state index in [1.165, 1.54) is 11.3 Å². The Bertz CT molecular complexity index is 1010. The van der Waals surface area contributed by atoms with Crippen molar-refractivity contribution in [2.24, 2.45) is 0 Å². The Morgan fingerprint density at radius 2 is 2.24 bits per heavy atom. The number of amides is 1. The lowest BCUT2D eigenvalue weighted by Gasteiger charge is -2.04. The molecule has 0 aliphatic carbocycles. The molecule has 1 amide bonds. The summed E-state index contributed by atoms with van der Waals surface area (Å²) in [7, 11) is 0. The number of rotatable bonds is 5. The van der Waals surface area contributed by atoms with Crippen LogP contribution in [-0.2, 0) is 11.2 Å². The third-order valence-electron chi connectivity index (χ3n) is 3.56. The smallest absolute Gasteiger partial charge is 0.255 e. The Balaban J connectivity index is 1.63. The van der Waals surface area contributed by atoms with Gasteiger partial charge in [-0.15, -0.1) is 11.3 Å². The Kier molecular flexibility index (Phi) is 5.15. The fourth-order valence-corrected chi connectivity index (χ4v) is 3.31. The van der Waals surface area contributed by atoms with Crippen LogP contribution in [0, 0.1) is 11.7 Å². The Labute approximate surface area is 152 Å². The average Bonchev–Trinajstić information content (AvgIpc) is 3.03. The molecule has 0 spiro atoms. The van der Waals surface area contributed by atoms with E-state index in [0.717, 1.165) is 11.3 Å². The van der Waals surface area contributed by atoms with E-state index in [1.807, 2.05) is 17.5 Å². The predicted molar refractivity (Wildman–Crippen MR) is 99.3 cm³/mol. The molecule has 0 saturated heterocycles. The summed E-state index contributed by atoms with van der Waals surface area (Å²) in [5.74, 6) is -0.201. The van der Waals surface area contributed by atoms with Gasteiger partial charge in [0.1, 0.15) is 0 Å². The molecule has 3 N–H and O–H groups in total. The number of hydrogen-bond acceptors (Lipinski definition) is 6. The van der Waals surface area contributed by atoms with Gasteiger partial charge in [-0.3, -0.25) is 19.6 Å². The maximum absolute atomic E-state index is 12.1. The molecule has 3 heterocycles. The zero-order valence-corrected chi connectivity index (χ0v) is 15.0. The van der Waals surface area contributed by atoms with Crippen LogP contribution in [0.15, 0.2) is 34.7 Å². The highest BCUT2D eigenvalue weighted by Crippen LogP contribution is 2.24. The van der Waals surface area contributed by atoms with Crippen LogP contribution >= 0.6 is 23.6 Å². The van der Waals surface area contributed by atoms with Gasteiger partial charge in [-0.2, -0.15) is 0 Å². The maximum atomic E-state index is 12.1. The molecule has 25 heavy (non-hydrogen) atoms. The van der Waals surface area contributed by atoms with E-state index in [0.29, 0.717) is 22.8 Å². The first-order chi connectivity index (χ1) is 12.0. The number of nitrogens with zero attached hydrogens (tertiary/aromatic N) is 2. The topological polar surface area (TPSA) is 104 Å². The number of carbonyl (C=O) groups is 1. The molecular weight excluding hydrogens is 358 g/mol. The molecule has 0 aliphatic rings. The third kappa shape index (κ3) is 4.25. The summed E-state index contributed by atoms with van der Waals surface area (Å²) in [6, 6.07) is 3.74. The molecule has 0 unspecified atom stereocenters. The summed E-state index contributed by atoms with van der Waals surface area (Å²) in [4.78, 5) is 37.9. The van der Waals surface area contributed by atoms with Crippen molar-refractivity contribution in [2.45, 2.75) is 19.8 Å². The molecule has 0 bridgehead atoms. The lowest BCUT2D eigenvalue weighted by Crippen LogP contribution is -2.19. The second-order valence-electron chi connectivity index (χ2n) is 5.34. The lowest BCUT2D eigenvalue weighted by atomic mass is 10.1. The molecule has 0 aliphatic heterocycles. The van der Waals surface area contributed by atoms with Gasteiger partial charge in [0.25, 0.3) is 5.56 Å². The van der Waals surface area contributed by atoms with Gasteiger partial charge in [-0.25, -0.2) is 4.98 Å². The maximum Gasteiger partial charge on any atom is 0.255 e. The largest absolute Gasteiger partial charge is 0.336 e. The summed E-state index contributed by atoms with van der Waals surface area (Å²) >= 11 is 6.25. The number of aromatic nitrogens is 4. The van der Waals surface area contributed by atoms with Crippen LogP contribution in [0.25, 0.3) is 11.3 Å². The zero-order chi connectivity index (χ0) is 17.8. The van der Waals surface area contributed by atoms with E-state index in [2.05, 4.69) is 25.3 Å². The van der Waals surface area contributed by atoms with E-state index in [1.54, 1.807) is 19.3 Å². The van der Waals surface area contributed by atoms with Gasteiger partial charge in [0.15, 0.2) is 9.90 Å². The number of pyridine rings is 1. The summed E-state index contributed by atoms with van der Waals surface area (Å²) < 4.78 is 0.279. The normalized spacial score (nSPS) is 10.6. The molecule has 3 rings (SSSR count). The summed E-state index contributed by atoms with van der Waals surface area (Å²) in [6.45, 7) is 1.76. The number of H-pyrrole nitrogens is 2. The van der Waals surface area contributed by atoms with Gasteiger partial charge >= 0.3 is 0 Å². The van der Waals surface area contributed by atoms with Crippen molar-refractivity contribution >= 4 is 34.6 Å². The molecule has 3 aromatic rings. The Morgan fingerprint density at radius 1 is 1.40 bits per heavy atom. The van der Waals surface area contributed by atoms with Crippen LogP contribution in [0.5, 0.6) is 0 Å². The summed E-state index contributed by atoms with van der Waals surface area (Å²) in [5.41, 5.74) is 2.59. The minimum atomic E-state index is -0.262. The molecule has 128 valence electrons. The number of anilines is 1. The van der Waals surface area contributed by atoms with E-state index < -0.39 is 0 Å². The molecule has 3 aromatic heterocycles. The average molecular weight is 373 g/mol. The van der Waals surface area contributed by atoms with Crippen LogP contribution in [0.1, 0.15) is 17.7 Å². The van der Waals surface area contributed by atoms with Gasteiger partial charge in [0, 0.05) is 41.0 Å². The SMILES string of the molecule is Cc1[nH]c(=S)[nH]c(=O)c1CCC(=O)Nc1nc(-c2cccnc2)cs1. The first-order valence-electron chi connectivity index (χ1n) is 7.51. The van der Waals surface area contributed by atoms with Crippen LogP contribution in [0.4, 0.5) is 5.13 Å². The van der Waals surface area contributed by atoms with Crippen molar-refractivity contribution in [1.82, 2.24) is 19.9 Å². The molecule has 9 heteroatoms. The van der Waals surface area contributed by atoms with Crippen molar-refractivity contribution in [2.75, 3.05) is 5.32 Å². The van der Waals surface area contributed by atoms with Crippen molar-refractivity contribution in [3.05, 3.63) is 56.3 Å². The molecule has 0 atom stereocenters. The molecule has 0 fully saturated rings.